The van der Waals surface area contributed by atoms with Crippen LogP contribution >= 0.6 is 11.6 Å². The van der Waals surface area contributed by atoms with Crippen molar-refractivity contribution >= 4 is 23.5 Å². The highest BCUT2D eigenvalue weighted by atomic mass is 35.5. The van der Waals surface area contributed by atoms with Crippen molar-refractivity contribution in [2.45, 2.75) is 32.9 Å². The minimum absolute atomic E-state index is 0.0135. The molecule has 0 spiro atoms. The molecule has 29 heavy (non-hydrogen) atoms. The van der Waals surface area contributed by atoms with E-state index < -0.39 is 12.0 Å². The lowest BCUT2D eigenvalue weighted by molar-refractivity contribution is -0.148. The highest BCUT2D eigenvalue weighted by Crippen LogP contribution is 2.38. The van der Waals surface area contributed by atoms with Gasteiger partial charge in [0.05, 0.1) is 18.2 Å². The number of fused-ring (bicyclic) bond motifs is 1. The molecule has 0 saturated heterocycles. The first-order valence-electron chi connectivity index (χ1n) is 9.56. The Morgan fingerprint density at radius 2 is 1.86 bits per heavy atom. The summed E-state index contributed by atoms with van der Waals surface area (Å²) < 4.78 is 16.7. The topological polar surface area (TPSA) is 73.9 Å². The van der Waals surface area contributed by atoms with Gasteiger partial charge in [-0.3, -0.25) is 4.79 Å². The van der Waals surface area contributed by atoms with E-state index in [1.807, 2.05) is 19.9 Å². The van der Waals surface area contributed by atoms with Gasteiger partial charge in [0.15, 0.2) is 11.5 Å². The number of carbonyl (C=O) groups is 2. The van der Waals surface area contributed by atoms with E-state index in [0.29, 0.717) is 40.9 Å². The molecule has 1 atom stereocenters. The molecule has 0 bridgehead atoms. The van der Waals surface area contributed by atoms with Crippen LogP contribution < -0.4 is 14.8 Å². The number of benzene rings is 2. The van der Waals surface area contributed by atoms with Crippen LogP contribution in [0.3, 0.4) is 0 Å². The molecule has 154 valence electrons. The van der Waals surface area contributed by atoms with Crippen molar-refractivity contribution in [3.05, 3.63) is 58.6 Å². The van der Waals surface area contributed by atoms with E-state index in [1.54, 1.807) is 36.4 Å². The number of halogens is 1. The Labute approximate surface area is 175 Å². The fourth-order valence-electron chi connectivity index (χ4n) is 2.92. The van der Waals surface area contributed by atoms with Gasteiger partial charge in [0, 0.05) is 12.0 Å². The van der Waals surface area contributed by atoms with Crippen molar-refractivity contribution in [3.8, 4) is 11.5 Å². The predicted octanol–water partition coefficient (Wildman–Crippen LogP) is 4.00. The molecule has 3 rings (SSSR count). The molecule has 7 heteroatoms. The lowest BCUT2D eigenvalue weighted by Gasteiger charge is -2.21. The lowest BCUT2D eigenvalue weighted by Crippen LogP contribution is -2.45. The van der Waals surface area contributed by atoms with Crippen molar-refractivity contribution in [1.82, 2.24) is 5.32 Å². The van der Waals surface area contributed by atoms with Gasteiger partial charge in [-0.2, -0.15) is 0 Å². The standard InChI is InChI=1S/C22H24ClNO5/c1-14(2)19(24-21(25)16-7-4-3-5-8-16)22(26)29-13-15-11-17(23)20-18(12-15)27-9-6-10-28-20/h3-5,7-8,11-12,14,19H,6,9-10,13H2,1-2H3,(H,24,25)/t19-/m1/s1. The average Bonchev–Trinajstić information content (AvgIpc) is 2.96. The Morgan fingerprint density at radius 3 is 2.59 bits per heavy atom. The zero-order chi connectivity index (χ0) is 20.8. The quantitative estimate of drug-likeness (QED) is 0.719. The molecule has 0 unspecified atom stereocenters. The second-order valence-corrected chi connectivity index (χ2v) is 7.53. The molecule has 2 aromatic rings. The Bertz CT molecular complexity index is 869. The zero-order valence-corrected chi connectivity index (χ0v) is 17.2. The smallest absolute Gasteiger partial charge is 0.329 e. The van der Waals surface area contributed by atoms with Crippen LogP contribution in [0.2, 0.25) is 5.02 Å². The molecular formula is C22H24ClNO5. The molecule has 0 aliphatic carbocycles. The van der Waals surface area contributed by atoms with E-state index in [-0.39, 0.29) is 18.4 Å². The van der Waals surface area contributed by atoms with E-state index >= 15 is 0 Å². The minimum atomic E-state index is -0.765. The zero-order valence-electron chi connectivity index (χ0n) is 16.4. The van der Waals surface area contributed by atoms with Crippen molar-refractivity contribution in [2.75, 3.05) is 13.2 Å². The Kier molecular flexibility index (Phi) is 6.99. The summed E-state index contributed by atoms with van der Waals surface area (Å²) in [6.45, 7) is 4.79. The maximum atomic E-state index is 12.6. The first-order chi connectivity index (χ1) is 14.0. The molecule has 0 aromatic heterocycles. The second-order valence-electron chi connectivity index (χ2n) is 7.12. The largest absolute Gasteiger partial charge is 0.489 e. The van der Waals surface area contributed by atoms with Crippen LogP contribution in [0.5, 0.6) is 11.5 Å². The SMILES string of the molecule is CC(C)[C@@H](NC(=O)c1ccccc1)C(=O)OCc1cc(Cl)c2c(c1)OCCCO2. The normalized spacial score (nSPS) is 14.1. The van der Waals surface area contributed by atoms with E-state index in [0.717, 1.165) is 6.42 Å². The molecule has 1 aliphatic heterocycles. The van der Waals surface area contributed by atoms with E-state index in [1.165, 1.54) is 0 Å². The fraction of sp³-hybridized carbons (Fsp3) is 0.364. The summed E-state index contributed by atoms with van der Waals surface area (Å²) in [5, 5.41) is 3.16. The Morgan fingerprint density at radius 1 is 1.14 bits per heavy atom. The summed E-state index contributed by atoms with van der Waals surface area (Å²) in [7, 11) is 0. The van der Waals surface area contributed by atoms with E-state index in [2.05, 4.69) is 5.32 Å². The van der Waals surface area contributed by atoms with Gasteiger partial charge in [-0.25, -0.2) is 4.79 Å². The van der Waals surface area contributed by atoms with Crippen molar-refractivity contribution in [3.63, 3.8) is 0 Å². The maximum absolute atomic E-state index is 12.6. The highest BCUT2D eigenvalue weighted by molar-refractivity contribution is 6.32. The molecule has 0 saturated carbocycles. The minimum Gasteiger partial charge on any atom is -0.489 e. The molecule has 1 amide bonds. The molecule has 6 nitrogen and oxygen atoms in total. The molecule has 0 fully saturated rings. The highest BCUT2D eigenvalue weighted by Gasteiger charge is 2.26. The summed E-state index contributed by atoms with van der Waals surface area (Å²) in [4.78, 5) is 25.0. The molecule has 1 aliphatic rings. The van der Waals surface area contributed by atoms with Crippen LogP contribution in [0, 0.1) is 5.92 Å². The summed E-state index contributed by atoms with van der Waals surface area (Å²) in [6.07, 6.45) is 0.770. The summed E-state index contributed by atoms with van der Waals surface area (Å²) >= 11 is 6.28. The summed E-state index contributed by atoms with van der Waals surface area (Å²) in [5.74, 6) is 0.0863. The summed E-state index contributed by atoms with van der Waals surface area (Å²) in [5.41, 5.74) is 1.17. The first kappa shape index (κ1) is 21.0. The molecule has 2 aromatic carbocycles. The van der Waals surface area contributed by atoms with Gasteiger partial charge in [-0.1, -0.05) is 43.6 Å². The number of nitrogens with one attached hydrogen (secondary N) is 1. The molecule has 1 heterocycles. The number of carbonyl (C=O) groups excluding carboxylic acids is 2. The van der Waals surface area contributed by atoms with Gasteiger partial charge in [0.25, 0.3) is 5.91 Å². The fourth-order valence-corrected chi connectivity index (χ4v) is 3.21. The van der Waals surface area contributed by atoms with Crippen molar-refractivity contribution in [1.29, 1.82) is 0 Å². The van der Waals surface area contributed by atoms with Gasteiger partial charge in [-0.15, -0.1) is 0 Å². The number of hydrogen-bond acceptors (Lipinski definition) is 5. The van der Waals surface area contributed by atoms with Gasteiger partial charge in [0.1, 0.15) is 12.6 Å². The van der Waals surface area contributed by atoms with E-state index in [4.69, 9.17) is 25.8 Å². The van der Waals surface area contributed by atoms with Crippen molar-refractivity contribution < 1.29 is 23.8 Å². The number of esters is 1. The third-order valence-corrected chi connectivity index (χ3v) is 4.77. The van der Waals surface area contributed by atoms with Gasteiger partial charge in [-0.05, 0) is 35.7 Å². The van der Waals surface area contributed by atoms with Gasteiger partial charge < -0.3 is 19.5 Å². The number of amides is 1. The lowest BCUT2D eigenvalue weighted by atomic mass is 10.0. The number of rotatable bonds is 6. The Balaban J connectivity index is 1.65. The van der Waals surface area contributed by atoms with Crippen LogP contribution in [-0.2, 0) is 16.1 Å². The Hall–Kier alpha value is -2.73. The van der Waals surface area contributed by atoms with Gasteiger partial charge in [0.2, 0.25) is 0 Å². The third-order valence-electron chi connectivity index (χ3n) is 4.49. The van der Waals surface area contributed by atoms with Crippen LogP contribution in [-0.4, -0.2) is 31.1 Å². The second kappa shape index (κ2) is 9.65. The molecule has 0 radical (unpaired) electrons. The monoisotopic (exact) mass is 417 g/mol. The van der Waals surface area contributed by atoms with Crippen LogP contribution in [0.15, 0.2) is 42.5 Å². The average molecular weight is 418 g/mol. The van der Waals surface area contributed by atoms with Crippen LogP contribution in [0.25, 0.3) is 0 Å². The van der Waals surface area contributed by atoms with Crippen molar-refractivity contribution in [2.24, 2.45) is 5.92 Å². The van der Waals surface area contributed by atoms with Gasteiger partial charge >= 0.3 is 5.97 Å². The molecule has 1 N–H and O–H groups in total. The summed E-state index contributed by atoms with van der Waals surface area (Å²) in [6, 6.07) is 11.4. The van der Waals surface area contributed by atoms with E-state index in [9.17, 15) is 9.59 Å². The van der Waals surface area contributed by atoms with Crippen LogP contribution in [0.4, 0.5) is 0 Å². The predicted molar refractivity (Wildman–Crippen MR) is 109 cm³/mol. The third kappa shape index (κ3) is 5.41. The molecular weight excluding hydrogens is 394 g/mol. The number of hydrogen-bond donors (Lipinski definition) is 1. The first-order valence-corrected chi connectivity index (χ1v) is 9.94. The maximum Gasteiger partial charge on any atom is 0.329 e. The number of ether oxygens (including phenoxy) is 3. The van der Waals surface area contributed by atoms with Crippen LogP contribution in [0.1, 0.15) is 36.2 Å².